The van der Waals surface area contributed by atoms with E-state index >= 15 is 0 Å². The van der Waals surface area contributed by atoms with Gasteiger partial charge in [0, 0.05) is 0 Å². The Kier molecular flexibility index (Phi) is 3.88. The number of sulfonamides is 1. The molecule has 18 heavy (non-hydrogen) atoms. The Balaban J connectivity index is 2.24. The van der Waals surface area contributed by atoms with Crippen LogP contribution < -0.4 is 4.72 Å². The van der Waals surface area contributed by atoms with E-state index in [1.165, 1.54) is 23.1 Å². The number of aryl methyl sites for hydroxylation is 1. The van der Waals surface area contributed by atoms with E-state index < -0.39 is 10.0 Å². The predicted molar refractivity (Wildman–Crippen MR) is 73.7 cm³/mol. The molecule has 96 valence electrons. The molecule has 0 unspecified atom stereocenters. The van der Waals surface area contributed by atoms with Crippen LogP contribution in [0, 0.1) is 6.92 Å². The maximum absolute atomic E-state index is 12.0. The van der Waals surface area contributed by atoms with Gasteiger partial charge in [0.15, 0.2) is 4.34 Å². The lowest BCUT2D eigenvalue weighted by molar-refractivity contribution is 0.601. The molecule has 1 aromatic carbocycles. The lowest BCUT2D eigenvalue weighted by Crippen LogP contribution is -2.12. The molecule has 0 amide bonds. The van der Waals surface area contributed by atoms with Gasteiger partial charge < -0.3 is 0 Å². The fourth-order valence-electron chi connectivity index (χ4n) is 1.22. The highest BCUT2D eigenvalue weighted by molar-refractivity contribution is 8.00. The molecule has 1 N–H and O–H groups in total. The topological polar surface area (TPSA) is 72.0 Å². The first kappa shape index (κ1) is 13.3. The van der Waals surface area contributed by atoms with Crippen LogP contribution >= 0.6 is 23.1 Å². The molecule has 0 saturated heterocycles. The molecule has 8 heteroatoms. The second-order valence-corrected chi connectivity index (χ2v) is 7.21. The van der Waals surface area contributed by atoms with Crippen molar-refractivity contribution >= 4 is 38.3 Å². The van der Waals surface area contributed by atoms with Gasteiger partial charge in [-0.15, -0.1) is 10.2 Å². The summed E-state index contributed by atoms with van der Waals surface area (Å²) in [5.74, 6) is 0. The minimum absolute atomic E-state index is 0.217. The second kappa shape index (κ2) is 5.25. The van der Waals surface area contributed by atoms with E-state index in [-0.39, 0.29) is 10.0 Å². The van der Waals surface area contributed by atoms with Crippen molar-refractivity contribution in [3.05, 3.63) is 29.8 Å². The Labute approximate surface area is 114 Å². The van der Waals surface area contributed by atoms with Crippen LogP contribution in [0.5, 0.6) is 0 Å². The molecule has 0 radical (unpaired) electrons. The van der Waals surface area contributed by atoms with Crippen molar-refractivity contribution in [3.8, 4) is 0 Å². The zero-order valence-electron chi connectivity index (χ0n) is 9.75. The van der Waals surface area contributed by atoms with Gasteiger partial charge in [0.2, 0.25) is 5.13 Å². The van der Waals surface area contributed by atoms with Crippen molar-refractivity contribution < 1.29 is 8.42 Å². The van der Waals surface area contributed by atoms with Gasteiger partial charge in [0.1, 0.15) is 0 Å². The largest absolute Gasteiger partial charge is 0.263 e. The predicted octanol–water partition coefficient (Wildman–Crippen LogP) is 2.37. The molecule has 0 aliphatic rings. The first-order chi connectivity index (χ1) is 8.51. The summed E-state index contributed by atoms with van der Waals surface area (Å²) in [7, 11) is -3.58. The van der Waals surface area contributed by atoms with Crippen molar-refractivity contribution in [1.29, 1.82) is 0 Å². The minimum atomic E-state index is -3.58. The van der Waals surface area contributed by atoms with Crippen LogP contribution in [0.4, 0.5) is 5.13 Å². The Bertz CT molecular complexity index is 635. The van der Waals surface area contributed by atoms with Crippen LogP contribution in [0.3, 0.4) is 0 Å². The van der Waals surface area contributed by atoms with E-state index in [0.29, 0.717) is 0 Å². The van der Waals surface area contributed by atoms with Crippen LogP contribution in [0.2, 0.25) is 0 Å². The van der Waals surface area contributed by atoms with Crippen molar-refractivity contribution in [2.24, 2.45) is 0 Å². The fraction of sp³-hybridized carbons (Fsp3) is 0.200. The number of nitrogens with zero attached hydrogens (tertiary/aromatic N) is 2. The average molecular weight is 301 g/mol. The maximum Gasteiger partial charge on any atom is 0.263 e. The Morgan fingerprint density at radius 2 is 1.89 bits per heavy atom. The highest BCUT2D eigenvalue weighted by atomic mass is 32.2. The molecule has 2 aromatic rings. The molecule has 0 aliphatic carbocycles. The maximum atomic E-state index is 12.0. The molecule has 0 fully saturated rings. The van der Waals surface area contributed by atoms with Crippen molar-refractivity contribution in [3.63, 3.8) is 0 Å². The summed E-state index contributed by atoms with van der Waals surface area (Å²) in [5, 5.41) is 7.88. The first-order valence-corrected chi connectivity index (χ1v) is 8.51. The summed E-state index contributed by atoms with van der Waals surface area (Å²) in [6.45, 7) is 1.90. The number of hydrogen-bond donors (Lipinski definition) is 1. The normalized spacial score (nSPS) is 11.4. The van der Waals surface area contributed by atoms with E-state index in [4.69, 9.17) is 0 Å². The summed E-state index contributed by atoms with van der Waals surface area (Å²) in [6, 6.07) is 6.63. The second-order valence-electron chi connectivity index (χ2n) is 3.50. The van der Waals surface area contributed by atoms with Gasteiger partial charge in [0.25, 0.3) is 10.0 Å². The van der Waals surface area contributed by atoms with E-state index in [9.17, 15) is 8.42 Å². The SMILES string of the molecule is CSc1nnc(NS(=O)(=O)c2ccc(C)cc2)s1. The summed E-state index contributed by atoms with van der Waals surface area (Å²) in [5.41, 5.74) is 1.01. The van der Waals surface area contributed by atoms with Gasteiger partial charge in [-0.3, -0.25) is 4.72 Å². The molecule has 5 nitrogen and oxygen atoms in total. The number of rotatable bonds is 4. The molecule has 0 bridgehead atoms. The number of thioether (sulfide) groups is 1. The molecule has 0 spiro atoms. The van der Waals surface area contributed by atoms with Gasteiger partial charge in [0.05, 0.1) is 4.90 Å². The van der Waals surface area contributed by atoms with Crippen LogP contribution in [0.15, 0.2) is 33.5 Å². The summed E-state index contributed by atoms with van der Waals surface area (Å²) in [4.78, 5) is 0.217. The molecule has 0 aliphatic heterocycles. The van der Waals surface area contributed by atoms with Crippen LogP contribution in [0.1, 0.15) is 5.56 Å². The van der Waals surface area contributed by atoms with Crippen LogP contribution in [-0.4, -0.2) is 24.9 Å². The van der Waals surface area contributed by atoms with Gasteiger partial charge >= 0.3 is 0 Å². The molecular weight excluding hydrogens is 290 g/mol. The van der Waals surface area contributed by atoms with Gasteiger partial charge in [-0.2, -0.15) is 0 Å². The first-order valence-electron chi connectivity index (χ1n) is 4.98. The standard InChI is InChI=1S/C10H11N3O2S3/c1-7-3-5-8(6-4-7)18(14,15)13-9-11-12-10(16-2)17-9/h3-6H,1-2H3,(H,11,13). The van der Waals surface area contributed by atoms with Crippen molar-refractivity contribution in [1.82, 2.24) is 10.2 Å². The number of nitrogens with one attached hydrogen (secondary N) is 1. The highest BCUT2D eigenvalue weighted by Crippen LogP contribution is 2.25. The van der Waals surface area contributed by atoms with Crippen molar-refractivity contribution in [2.75, 3.05) is 11.0 Å². The highest BCUT2D eigenvalue weighted by Gasteiger charge is 2.16. The summed E-state index contributed by atoms with van der Waals surface area (Å²) in [6.07, 6.45) is 1.86. The Morgan fingerprint density at radius 1 is 1.22 bits per heavy atom. The molecule has 1 heterocycles. The van der Waals surface area contributed by atoms with E-state index in [0.717, 1.165) is 9.90 Å². The molecule has 1 aromatic heterocycles. The summed E-state index contributed by atoms with van der Waals surface area (Å²) < 4.78 is 27.2. The fourth-order valence-corrected chi connectivity index (χ4v) is 3.62. The quantitative estimate of drug-likeness (QED) is 0.878. The third-order valence-corrected chi connectivity index (χ3v) is 5.43. The zero-order valence-corrected chi connectivity index (χ0v) is 12.2. The van der Waals surface area contributed by atoms with E-state index in [1.54, 1.807) is 24.3 Å². The number of aromatic nitrogens is 2. The van der Waals surface area contributed by atoms with Gasteiger partial charge in [-0.25, -0.2) is 8.42 Å². The molecule has 0 saturated carbocycles. The number of anilines is 1. The third-order valence-electron chi connectivity index (χ3n) is 2.13. The average Bonchev–Trinajstić information content (AvgIpc) is 2.76. The van der Waals surface area contributed by atoms with Gasteiger partial charge in [-0.1, -0.05) is 40.8 Å². The lowest BCUT2D eigenvalue weighted by atomic mass is 10.2. The Morgan fingerprint density at radius 3 is 2.44 bits per heavy atom. The Hall–Kier alpha value is -1.12. The van der Waals surface area contributed by atoms with E-state index in [1.807, 2.05) is 13.2 Å². The number of hydrogen-bond acceptors (Lipinski definition) is 6. The molecule has 0 atom stereocenters. The lowest BCUT2D eigenvalue weighted by Gasteiger charge is -2.04. The monoisotopic (exact) mass is 301 g/mol. The van der Waals surface area contributed by atoms with Gasteiger partial charge in [-0.05, 0) is 25.3 Å². The molecular formula is C10H11N3O2S3. The minimum Gasteiger partial charge on any atom is -0.253 e. The molecule has 2 rings (SSSR count). The van der Waals surface area contributed by atoms with Crippen LogP contribution in [-0.2, 0) is 10.0 Å². The van der Waals surface area contributed by atoms with Crippen molar-refractivity contribution in [2.45, 2.75) is 16.2 Å². The van der Waals surface area contributed by atoms with Crippen LogP contribution in [0.25, 0.3) is 0 Å². The number of benzene rings is 1. The summed E-state index contributed by atoms with van der Waals surface area (Å²) >= 11 is 2.63. The smallest absolute Gasteiger partial charge is 0.253 e. The van der Waals surface area contributed by atoms with E-state index in [2.05, 4.69) is 14.9 Å². The third kappa shape index (κ3) is 3.01. The zero-order chi connectivity index (χ0) is 13.2.